The van der Waals surface area contributed by atoms with Crippen molar-refractivity contribution in [3.8, 4) is 11.3 Å². The molecule has 2 nitrogen and oxygen atoms in total. The number of rotatable bonds is 2. The number of aromatic nitrogens is 2. The summed E-state index contributed by atoms with van der Waals surface area (Å²) in [5.74, 6) is 0. The van der Waals surface area contributed by atoms with Crippen LogP contribution in [0.4, 0.5) is 0 Å². The summed E-state index contributed by atoms with van der Waals surface area (Å²) >= 11 is 0. The maximum absolute atomic E-state index is 4.84. The van der Waals surface area contributed by atoms with Crippen LogP contribution in [0.5, 0.6) is 0 Å². The molecule has 0 bridgehead atoms. The SMILES string of the molecule is CCc1c(-c2ccccc2)nc2cc(C)cc(C)n12. The van der Waals surface area contributed by atoms with E-state index < -0.39 is 0 Å². The Morgan fingerprint density at radius 3 is 2.47 bits per heavy atom. The molecule has 0 aliphatic rings. The standard InChI is InChI=1S/C17H18N2/c1-4-15-17(14-8-6-5-7-9-14)18-16-11-12(2)10-13(3)19(15)16/h5-11H,4H2,1-3H3. The van der Waals surface area contributed by atoms with Crippen molar-refractivity contribution >= 4 is 5.65 Å². The third-order valence-electron chi connectivity index (χ3n) is 3.53. The molecule has 0 atom stereocenters. The van der Waals surface area contributed by atoms with Gasteiger partial charge in [-0.05, 0) is 38.0 Å². The molecule has 0 amide bonds. The van der Waals surface area contributed by atoms with Crippen LogP contribution in [0.15, 0.2) is 42.5 Å². The van der Waals surface area contributed by atoms with Gasteiger partial charge in [-0.3, -0.25) is 0 Å². The molecule has 2 aromatic heterocycles. The fraction of sp³-hybridized carbons (Fsp3) is 0.235. The minimum Gasteiger partial charge on any atom is -0.301 e. The predicted octanol–water partition coefficient (Wildman–Crippen LogP) is 4.18. The first kappa shape index (κ1) is 12.0. The van der Waals surface area contributed by atoms with Crippen molar-refractivity contribution in [3.63, 3.8) is 0 Å². The molecule has 0 aliphatic heterocycles. The maximum atomic E-state index is 4.84. The Morgan fingerprint density at radius 1 is 1.05 bits per heavy atom. The van der Waals surface area contributed by atoms with Crippen LogP contribution in [0.3, 0.4) is 0 Å². The van der Waals surface area contributed by atoms with Crippen LogP contribution in [-0.2, 0) is 6.42 Å². The first-order chi connectivity index (χ1) is 9.20. The number of fused-ring (bicyclic) bond motifs is 1. The zero-order chi connectivity index (χ0) is 13.4. The van der Waals surface area contributed by atoms with E-state index in [1.165, 1.54) is 22.5 Å². The third kappa shape index (κ3) is 1.93. The molecular weight excluding hydrogens is 232 g/mol. The summed E-state index contributed by atoms with van der Waals surface area (Å²) in [7, 11) is 0. The first-order valence-corrected chi connectivity index (χ1v) is 6.74. The fourth-order valence-electron chi connectivity index (χ4n) is 2.76. The average Bonchev–Trinajstić information content (AvgIpc) is 2.78. The van der Waals surface area contributed by atoms with Gasteiger partial charge in [0, 0.05) is 11.3 Å². The van der Waals surface area contributed by atoms with E-state index in [4.69, 9.17) is 4.98 Å². The summed E-state index contributed by atoms with van der Waals surface area (Å²) < 4.78 is 2.27. The number of aryl methyl sites for hydroxylation is 3. The zero-order valence-electron chi connectivity index (χ0n) is 11.6. The highest BCUT2D eigenvalue weighted by molar-refractivity contribution is 5.67. The van der Waals surface area contributed by atoms with Crippen LogP contribution in [0.2, 0.25) is 0 Å². The monoisotopic (exact) mass is 250 g/mol. The van der Waals surface area contributed by atoms with Gasteiger partial charge in [-0.15, -0.1) is 0 Å². The van der Waals surface area contributed by atoms with Gasteiger partial charge < -0.3 is 4.40 Å². The molecule has 0 saturated carbocycles. The molecule has 3 rings (SSSR count). The van der Waals surface area contributed by atoms with Crippen molar-refractivity contribution in [1.29, 1.82) is 0 Å². The Hall–Kier alpha value is -2.09. The molecule has 0 N–H and O–H groups in total. The number of nitrogens with zero attached hydrogens (tertiary/aromatic N) is 2. The second-order valence-corrected chi connectivity index (χ2v) is 4.99. The lowest BCUT2D eigenvalue weighted by Gasteiger charge is -2.06. The molecule has 0 spiro atoms. The van der Waals surface area contributed by atoms with Crippen molar-refractivity contribution in [1.82, 2.24) is 9.38 Å². The minimum absolute atomic E-state index is 0.981. The van der Waals surface area contributed by atoms with Gasteiger partial charge in [-0.1, -0.05) is 37.3 Å². The van der Waals surface area contributed by atoms with Gasteiger partial charge >= 0.3 is 0 Å². The first-order valence-electron chi connectivity index (χ1n) is 6.74. The predicted molar refractivity (Wildman–Crippen MR) is 79.5 cm³/mol. The Kier molecular flexibility index (Phi) is 2.86. The van der Waals surface area contributed by atoms with Crippen LogP contribution in [0.1, 0.15) is 23.9 Å². The Labute approximate surface area is 113 Å². The molecule has 1 aromatic carbocycles. The van der Waals surface area contributed by atoms with Gasteiger partial charge in [-0.25, -0.2) is 4.98 Å². The van der Waals surface area contributed by atoms with Gasteiger partial charge in [0.05, 0.1) is 11.4 Å². The summed E-state index contributed by atoms with van der Waals surface area (Å²) in [4.78, 5) is 4.84. The van der Waals surface area contributed by atoms with E-state index in [1.54, 1.807) is 0 Å². The fourth-order valence-corrected chi connectivity index (χ4v) is 2.76. The largest absolute Gasteiger partial charge is 0.301 e. The molecular formula is C17H18N2. The second kappa shape index (κ2) is 4.54. The highest BCUT2D eigenvalue weighted by atomic mass is 15.0. The van der Waals surface area contributed by atoms with Gasteiger partial charge in [-0.2, -0.15) is 0 Å². The van der Waals surface area contributed by atoms with Crippen molar-refractivity contribution in [3.05, 3.63) is 59.4 Å². The topological polar surface area (TPSA) is 17.3 Å². The summed E-state index contributed by atoms with van der Waals surface area (Å²) in [5, 5.41) is 0. The van der Waals surface area contributed by atoms with Crippen LogP contribution in [0, 0.1) is 13.8 Å². The smallest absolute Gasteiger partial charge is 0.138 e. The van der Waals surface area contributed by atoms with Gasteiger partial charge in [0.15, 0.2) is 0 Å². The lowest BCUT2D eigenvalue weighted by atomic mass is 10.1. The van der Waals surface area contributed by atoms with E-state index in [0.717, 1.165) is 17.8 Å². The molecule has 0 unspecified atom stereocenters. The number of hydrogen-bond donors (Lipinski definition) is 0. The number of pyridine rings is 1. The number of imidazole rings is 1. The van der Waals surface area contributed by atoms with Crippen molar-refractivity contribution in [2.24, 2.45) is 0 Å². The van der Waals surface area contributed by atoms with E-state index in [0.29, 0.717) is 0 Å². The minimum atomic E-state index is 0.981. The molecule has 0 saturated heterocycles. The van der Waals surface area contributed by atoms with Crippen LogP contribution >= 0.6 is 0 Å². The van der Waals surface area contributed by atoms with Crippen molar-refractivity contribution in [2.75, 3.05) is 0 Å². The number of benzene rings is 1. The molecule has 0 fully saturated rings. The highest BCUT2D eigenvalue weighted by Gasteiger charge is 2.13. The number of hydrogen-bond acceptors (Lipinski definition) is 1. The molecule has 2 heterocycles. The summed E-state index contributed by atoms with van der Waals surface area (Å²) in [6.45, 7) is 6.46. The normalized spacial score (nSPS) is 11.1. The van der Waals surface area contributed by atoms with Gasteiger partial charge in [0.25, 0.3) is 0 Å². The lowest BCUT2D eigenvalue weighted by molar-refractivity contribution is 0.958. The van der Waals surface area contributed by atoms with Gasteiger partial charge in [0.2, 0.25) is 0 Å². The van der Waals surface area contributed by atoms with Crippen LogP contribution in [0.25, 0.3) is 16.9 Å². The Bertz CT molecular complexity index is 724. The summed E-state index contributed by atoms with van der Waals surface area (Å²) in [5.41, 5.74) is 7.16. The lowest BCUT2D eigenvalue weighted by Crippen LogP contribution is -1.97. The quantitative estimate of drug-likeness (QED) is 0.667. The average molecular weight is 250 g/mol. The maximum Gasteiger partial charge on any atom is 0.138 e. The second-order valence-electron chi connectivity index (χ2n) is 4.99. The zero-order valence-corrected chi connectivity index (χ0v) is 11.6. The van der Waals surface area contributed by atoms with E-state index in [1.807, 2.05) is 6.07 Å². The molecule has 3 aromatic rings. The van der Waals surface area contributed by atoms with Crippen molar-refractivity contribution in [2.45, 2.75) is 27.2 Å². The van der Waals surface area contributed by atoms with Crippen LogP contribution in [-0.4, -0.2) is 9.38 Å². The van der Waals surface area contributed by atoms with E-state index >= 15 is 0 Å². The molecule has 96 valence electrons. The summed E-state index contributed by atoms with van der Waals surface area (Å²) in [6, 6.07) is 14.8. The van der Waals surface area contributed by atoms with Crippen molar-refractivity contribution < 1.29 is 0 Å². The Morgan fingerprint density at radius 2 is 1.79 bits per heavy atom. The third-order valence-corrected chi connectivity index (χ3v) is 3.53. The highest BCUT2D eigenvalue weighted by Crippen LogP contribution is 2.26. The van der Waals surface area contributed by atoms with Gasteiger partial charge in [0.1, 0.15) is 5.65 Å². The Balaban J connectivity index is 2.35. The van der Waals surface area contributed by atoms with E-state index in [9.17, 15) is 0 Å². The summed E-state index contributed by atoms with van der Waals surface area (Å²) in [6.07, 6.45) is 0.981. The molecule has 0 radical (unpaired) electrons. The van der Waals surface area contributed by atoms with E-state index in [2.05, 4.69) is 61.6 Å². The molecule has 0 aliphatic carbocycles. The molecule has 2 heteroatoms. The van der Waals surface area contributed by atoms with E-state index in [-0.39, 0.29) is 0 Å². The van der Waals surface area contributed by atoms with Crippen LogP contribution < -0.4 is 0 Å². The molecule has 19 heavy (non-hydrogen) atoms.